The number of benzene rings is 2. The number of nitrogens with zero attached hydrogens (tertiary/aromatic N) is 1. The molecule has 0 amide bonds. The fourth-order valence-corrected chi connectivity index (χ4v) is 3.94. The van der Waals surface area contributed by atoms with Crippen molar-refractivity contribution in [2.24, 2.45) is 0 Å². The lowest BCUT2D eigenvalue weighted by molar-refractivity contribution is 0.387. The Morgan fingerprint density at radius 3 is 2.59 bits per heavy atom. The Morgan fingerprint density at radius 1 is 1.09 bits per heavy atom. The molecule has 172 valence electrons. The third-order valence-corrected chi connectivity index (χ3v) is 5.81. The molecule has 1 fully saturated rings. The predicted molar refractivity (Wildman–Crippen MR) is 129 cm³/mol. The number of hydrogen-bond acceptors (Lipinski definition) is 6. The largest absolute Gasteiger partial charge is 0.497 e. The van der Waals surface area contributed by atoms with Crippen molar-refractivity contribution in [2.45, 2.75) is 38.3 Å². The van der Waals surface area contributed by atoms with E-state index in [0.29, 0.717) is 43.0 Å². The number of methoxy groups -OCH3 is 2. The first-order valence-electron chi connectivity index (χ1n) is 11.2. The summed E-state index contributed by atoms with van der Waals surface area (Å²) in [7, 11) is 3.26. The molecule has 1 unspecified atom stereocenters. The second-order valence-corrected chi connectivity index (χ2v) is 8.07. The first kappa shape index (κ1) is 23.8. The highest BCUT2D eigenvalue weighted by atomic mass is 16.5. The van der Waals surface area contributed by atoms with Gasteiger partial charge >= 0.3 is 0 Å². The molecule has 0 saturated carbocycles. The Hall–Kier alpha value is -2.90. The van der Waals surface area contributed by atoms with Crippen LogP contribution in [0.15, 0.2) is 48.5 Å². The van der Waals surface area contributed by atoms with Gasteiger partial charge in [0.25, 0.3) is 0 Å². The molecular formula is C25H35N5O2. The Labute approximate surface area is 191 Å². The summed E-state index contributed by atoms with van der Waals surface area (Å²) < 4.78 is 10.9. The van der Waals surface area contributed by atoms with Crippen molar-refractivity contribution >= 4 is 11.7 Å². The molecule has 7 nitrogen and oxygen atoms in total. The lowest BCUT2D eigenvalue weighted by Crippen LogP contribution is -2.43. The average molecular weight is 438 g/mol. The van der Waals surface area contributed by atoms with Crippen LogP contribution in [0.25, 0.3) is 0 Å². The van der Waals surface area contributed by atoms with Gasteiger partial charge in [-0.25, -0.2) is 0 Å². The van der Waals surface area contributed by atoms with Crippen LogP contribution >= 0.6 is 0 Å². The van der Waals surface area contributed by atoms with E-state index in [1.165, 1.54) is 18.4 Å². The topological polar surface area (TPSA) is 93.5 Å². The van der Waals surface area contributed by atoms with Crippen LogP contribution in [0.4, 0.5) is 0 Å². The maximum atomic E-state index is 8.76. The number of hydrogen-bond donors (Lipinski definition) is 4. The van der Waals surface area contributed by atoms with Crippen LogP contribution in [0.2, 0.25) is 0 Å². The van der Waals surface area contributed by atoms with Crippen molar-refractivity contribution in [3.63, 3.8) is 0 Å². The van der Waals surface area contributed by atoms with E-state index in [9.17, 15) is 0 Å². The van der Waals surface area contributed by atoms with Crippen molar-refractivity contribution < 1.29 is 9.47 Å². The lowest BCUT2D eigenvalue weighted by atomic mass is 10.1. The van der Waals surface area contributed by atoms with E-state index in [2.05, 4.69) is 22.8 Å². The van der Waals surface area contributed by atoms with Gasteiger partial charge in [-0.05, 0) is 43.5 Å². The maximum absolute atomic E-state index is 8.76. The van der Waals surface area contributed by atoms with Gasteiger partial charge in [-0.2, -0.15) is 0 Å². The Bertz CT molecular complexity index is 881. The Balaban J connectivity index is 1.68. The lowest BCUT2D eigenvalue weighted by Gasteiger charge is -2.27. The zero-order valence-electron chi connectivity index (χ0n) is 19.1. The molecule has 1 saturated heterocycles. The van der Waals surface area contributed by atoms with Crippen LogP contribution < -0.4 is 20.1 Å². The molecule has 32 heavy (non-hydrogen) atoms. The molecule has 7 heteroatoms. The van der Waals surface area contributed by atoms with Crippen molar-refractivity contribution in [3.05, 3.63) is 59.7 Å². The molecule has 1 aliphatic rings. The molecule has 2 aromatic rings. The first-order chi connectivity index (χ1) is 15.6. The molecule has 0 spiro atoms. The van der Waals surface area contributed by atoms with Crippen molar-refractivity contribution in [2.75, 3.05) is 33.9 Å². The molecular weight excluding hydrogens is 402 g/mol. The van der Waals surface area contributed by atoms with Crippen molar-refractivity contribution in [1.82, 2.24) is 15.5 Å². The third kappa shape index (κ3) is 6.80. The van der Waals surface area contributed by atoms with Crippen LogP contribution in [0.5, 0.6) is 11.5 Å². The molecule has 4 N–H and O–H groups in total. The SMILES string of the molecule is COc1ccc(CN(C(=N)CCc2ccccc2)C(=N)CNCC2CCCN2)c(OC)c1. The van der Waals surface area contributed by atoms with Gasteiger partial charge < -0.3 is 25.0 Å². The summed E-state index contributed by atoms with van der Waals surface area (Å²) in [6.45, 7) is 2.73. The van der Waals surface area contributed by atoms with Gasteiger partial charge in [0.05, 0.1) is 27.3 Å². The molecule has 1 heterocycles. The molecule has 3 rings (SSSR count). The van der Waals surface area contributed by atoms with Crippen molar-refractivity contribution in [3.8, 4) is 11.5 Å². The molecule has 0 bridgehead atoms. The highest BCUT2D eigenvalue weighted by molar-refractivity contribution is 5.99. The van der Waals surface area contributed by atoms with E-state index in [-0.39, 0.29) is 0 Å². The summed E-state index contributed by atoms with van der Waals surface area (Å²) in [5, 5.41) is 24.3. The van der Waals surface area contributed by atoms with Crippen LogP contribution in [-0.4, -0.2) is 56.5 Å². The zero-order chi connectivity index (χ0) is 22.8. The molecule has 2 aromatic carbocycles. The van der Waals surface area contributed by atoms with Crippen LogP contribution in [0, 0.1) is 10.8 Å². The highest BCUT2D eigenvalue weighted by Gasteiger charge is 2.19. The van der Waals surface area contributed by atoms with E-state index in [4.69, 9.17) is 20.3 Å². The van der Waals surface area contributed by atoms with E-state index >= 15 is 0 Å². The van der Waals surface area contributed by atoms with Gasteiger partial charge in [0.15, 0.2) is 0 Å². The number of ether oxygens (including phenoxy) is 2. The fraction of sp³-hybridized carbons (Fsp3) is 0.440. The monoisotopic (exact) mass is 437 g/mol. The minimum Gasteiger partial charge on any atom is -0.497 e. The van der Waals surface area contributed by atoms with Crippen molar-refractivity contribution in [1.29, 1.82) is 10.8 Å². The summed E-state index contributed by atoms with van der Waals surface area (Å²) >= 11 is 0. The Kier molecular flexibility index (Phi) is 9.07. The summed E-state index contributed by atoms with van der Waals surface area (Å²) in [5.41, 5.74) is 2.11. The normalized spacial score (nSPS) is 15.4. The minimum absolute atomic E-state index is 0.388. The number of rotatable bonds is 11. The quantitative estimate of drug-likeness (QED) is 0.319. The van der Waals surface area contributed by atoms with Gasteiger partial charge in [0.2, 0.25) is 0 Å². The van der Waals surface area contributed by atoms with Gasteiger partial charge in [-0.15, -0.1) is 0 Å². The summed E-state index contributed by atoms with van der Waals surface area (Å²) in [5.74, 6) is 2.23. The van der Waals surface area contributed by atoms with Gasteiger partial charge in [-0.1, -0.05) is 30.3 Å². The second kappa shape index (κ2) is 12.2. The fourth-order valence-electron chi connectivity index (χ4n) is 3.94. The maximum Gasteiger partial charge on any atom is 0.127 e. The number of aryl methyl sites for hydroxylation is 1. The predicted octanol–water partition coefficient (Wildman–Crippen LogP) is 3.43. The molecule has 0 aromatic heterocycles. The minimum atomic E-state index is 0.388. The zero-order valence-corrected chi connectivity index (χ0v) is 19.1. The molecule has 0 aliphatic carbocycles. The smallest absolute Gasteiger partial charge is 0.127 e. The summed E-state index contributed by atoms with van der Waals surface area (Å²) in [6, 6.07) is 16.3. The molecule has 0 radical (unpaired) electrons. The third-order valence-electron chi connectivity index (χ3n) is 5.81. The first-order valence-corrected chi connectivity index (χ1v) is 11.2. The molecule has 1 aliphatic heterocycles. The van der Waals surface area contributed by atoms with Crippen LogP contribution in [0.3, 0.4) is 0 Å². The number of nitrogens with one attached hydrogen (secondary N) is 4. The number of amidine groups is 2. The highest BCUT2D eigenvalue weighted by Crippen LogP contribution is 2.26. The van der Waals surface area contributed by atoms with Crippen LogP contribution in [-0.2, 0) is 13.0 Å². The van der Waals surface area contributed by atoms with E-state index in [1.807, 2.05) is 36.4 Å². The van der Waals surface area contributed by atoms with Gasteiger partial charge in [-0.3, -0.25) is 10.8 Å². The second-order valence-electron chi connectivity index (χ2n) is 8.07. The Morgan fingerprint density at radius 2 is 1.91 bits per heavy atom. The standard InChI is InChI=1S/C25H35N5O2/c1-31-22-12-11-20(23(15-22)32-2)18-30(24(26)13-10-19-7-4-3-5-8-19)25(27)17-28-16-21-9-6-14-29-21/h3-5,7-8,11-12,15,21,26-29H,6,9-10,13-14,16-18H2,1-2H3. The molecule has 1 atom stereocenters. The average Bonchev–Trinajstić information content (AvgIpc) is 3.35. The van der Waals surface area contributed by atoms with Gasteiger partial charge in [0.1, 0.15) is 23.2 Å². The summed E-state index contributed by atoms with van der Waals surface area (Å²) in [4.78, 5) is 1.78. The van der Waals surface area contributed by atoms with E-state index in [1.54, 1.807) is 19.1 Å². The van der Waals surface area contributed by atoms with Gasteiger partial charge in [0, 0.05) is 30.6 Å². The van der Waals surface area contributed by atoms with E-state index < -0.39 is 0 Å². The van der Waals surface area contributed by atoms with Crippen LogP contribution in [0.1, 0.15) is 30.4 Å². The summed E-state index contributed by atoms with van der Waals surface area (Å²) in [6.07, 6.45) is 3.70. The van der Waals surface area contributed by atoms with E-state index in [0.717, 1.165) is 30.8 Å².